The molecular weight excluding hydrogens is 338 g/mol. The first-order valence-electron chi connectivity index (χ1n) is 9.36. The maximum atomic E-state index is 12.1. The van der Waals surface area contributed by atoms with E-state index in [9.17, 15) is 9.59 Å². The first kappa shape index (κ1) is 20.6. The van der Waals surface area contributed by atoms with Crippen molar-refractivity contribution in [3.05, 3.63) is 71.3 Å². The predicted molar refractivity (Wildman–Crippen MR) is 108 cm³/mol. The van der Waals surface area contributed by atoms with Gasteiger partial charge in [-0.1, -0.05) is 70.2 Å². The van der Waals surface area contributed by atoms with Crippen LogP contribution in [-0.4, -0.2) is 18.4 Å². The molecule has 1 atom stereocenters. The van der Waals surface area contributed by atoms with Crippen molar-refractivity contribution < 1.29 is 9.59 Å². The molecule has 2 aromatic rings. The molecule has 0 heterocycles. The lowest BCUT2D eigenvalue weighted by molar-refractivity contribution is -0.121. The number of amides is 2. The highest BCUT2D eigenvalue weighted by atomic mass is 16.2. The van der Waals surface area contributed by atoms with E-state index in [4.69, 9.17) is 0 Å². The highest BCUT2D eigenvalue weighted by Crippen LogP contribution is 2.23. The lowest BCUT2D eigenvalue weighted by atomic mass is 9.93. The molecule has 0 aliphatic carbocycles. The largest absolute Gasteiger partial charge is 0.301 e. The van der Waals surface area contributed by atoms with Gasteiger partial charge in [0.25, 0.3) is 11.8 Å². The monoisotopic (exact) mass is 367 g/mol. The molecule has 2 aromatic carbocycles. The molecule has 0 bridgehead atoms. The van der Waals surface area contributed by atoms with Crippen LogP contribution < -0.4 is 16.2 Å². The number of carbonyl (C=O) groups is 2. The van der Waals surface area contributed by atoms with Gasteiger partial charge in [0, 0.05) is 11.6 Å². The second-order valence-corrected chi connectivity index (χ2v) is 7.29. The number of hydrogen-bond acceptors (Lipinski definition) is 3. The summed E-state index contributed by atoms with van der Waals surface area (Å²) >= 11 is 0. The molecule has 0 unspecified atom stereocenters. The minimum absolute atomic E-state index is 0.0572. The topological polar surface area (TPSA) is 70.2 Å². The molecule has 0 fully saturated rings. The maximum absolute atomic E-state index is 12.1. The van der Waals surface area contributed by atoms with Gasteiger partial charge in [0.1, 0.15) is 0 Å². The normalized spacial score (nSPS) is 12.1. The van der Waals surface area contributed by atoms with Crippen molar-refractivity contribution >= 4 is 11.8 Å². The lowest BCUT2D eigenvalue weighted by Gasteiger charge is -2.23. The number of nitrogens with one attached hydrogen (secondary N) is 3. The molecule has 27 heavy (non-hydrogen) atoms. The molecule has 0 aromatic heterocycles. The average Bonchev–Trinajstić information content (AvgIpc) is 2.67. The van der Waals surface area contributed by atoms with E-state index >= 15 is 0 Å². The summed E-state index contributed by atoms with van der Waals surface area (Å²) in [4.78, 5) is 24.0. The highest BCUT2D eigenvalue weighted by molar-refractivity contribution is 5.95. The predicted octanol–water partition coefficient (Wildman–Crippen LogP) is 3.56. The zero-order valence-corrected chi connectivity index (χ0v) is 16.5. The second-order valence-electron chi connectivity index (χ2n) is 7.29. The first-order valence-corrected chi connectivity index (χ1v) is 9.36. The van der Waals surface area contributed by atoms with Gasteiger partial charge >= 0.3 is 0 Å². The molecule has 5 heteroatoms. The van der Waals surface area contributed by atoms with Gasteiger partial charge in [0.2, 0.25) is 0 Å². The van der Waals surface area contributed by atoms with Crippen LogP contribution in [0.4, 0.5) is 0 Å². The molecule has 3 N–H and O–H groups in total. The Morgan fingerprint density at radius 2 is 1.41 bits per heavy atom. The summed E-state index contributed by atoms with van der Waals surface area (Å²) in [6.07, 6.45) is 0. The summed E-state index contributed by atoms with van der Waals surface area (Å²) in [5, 5.41) is 3.28. The minimum atomic E-state index is -0.339. The molecule has 0 aliphatic heterocycles. The summed E-state index contributed by atoms with van der Waals surface area (Å²) < 4.78 is 0. The molecule has 0 aliphatic rings. The van der Waals surface area contributed by atoms with Crippen molar-refractivity contribution in [1.29, 1.82) is 0 Å². The van der Waals surface area contributed by atoms with Crippen LogP contribution in [0.2, 0.25) is 0 Å². The van der Waals surface area contributed by atoms with E-state index in [0.29, 0.717) is 17.4 Å². The maximum Gasteiger partial charge on any atom is 0.269 e. The van der Waals surface area contributed by atoms with Gasteiger partial charge in [-0.25, -0.2) is 0 Å². The molecule has 0 saturated heterocycles. The smallest absolute Gasteiger partial charge is 0.269 e. The van der Waals surface area contributed by atoms with Gasteiger partial charge < -0.3 is 5.32 Å². The van der Waals surface area contributed by atoms with Crippen molar-refractivity contribution in [3.8, 4) is 0 Å². The van der Waals surface area contributed by atoms with Gasteiger partial charge in [-0.05, 0) is 35.1 Å². The Kier molecular flexibility index (Phi) is 7.55. The number of rotatable bonds is 7. The molecule has 144 valence electrons. The molecule has 2 amide bonds. The summed E-state index contributed by atoms with van der Waals surface area (Å²) in [5.41, 5.74) is 7.82. The summed E-state index contributed by atoms with van der Waals surface area (Å²) in [7, 11) is 0. The third kappa shape index (κ3) is 6.22. The van der Waals surface area contributed by atoms with E-state index in [2.05, 4.69) is 68.1 Å². The zero-order valence-electron chi connectivity index (χ0n) is 16.5. The second kappa shape index (κ2) is 9.88. The van der Waals surface area contributed by atoms with Crippen molar-refractivity contribution in [2.45, 2.75) is 39.7 Å². The van der Waals surface area contributed by atoms with Gasteiger partial charge in [-0.3, -0.25) is 20.4 Å². The van der Waals surface area contributed by atoms with E-state index in [0.717, 1.165) is 5.56 Å². The zero-order chi connectivity index (χ0) is 19.8. The Bertz CT molecular complexity index is 740. The van der Waals surface area contributed by atoms with Crippen molar-refractivity contribution in [2.24, 2.45) is 5.92 Å². The van der Waals surface area contributed by atoms with Crippen LogP contribution in [-0.2, 0) is 4.79 Å². The van der Waals surface area contributed by atoms with Crippen LogP contribution in [0, 0.1) is 5.92 Å². The molecular formula is C22H29N3O2. The van der Waals surface area contributed by atoms with Gasteiger partial charge in [-0.15, -0.1) is 0 Å². The molecule has 0 radical (unpaired) electrons. The van der Waals surface area contributed by atoms with Gasteiger partial charge in [-0.2, -0.15) is 0 Å². The van der Waals surface area contributed by atoms with Crippen molar-refractivity contribution in [2.75, 3.05) is 6.54 Å². The minimum Gasteiger partial charge on any atom is -0.301 e. The van der Waals surface area contributed by atoms with Crippen LogP contribution in [0.15, 0.2) is 54.6 Å². The van der Waals surface area contributed by atoms with Crippen LogP contribution in [0.25, 0.3) is 0 Å². The fourth-order valence-electron chi connectivity index (χ4n) is 2.86. The third-order valence-electron chi connectivity index (χ3n) is 4.46. The quantitative estimate of drug-likeness (QED) is 0.656. The number of benzene rings is 2. The molecule has 0 saturated carbocycles. The highest BCUT2D eigenvalue weighted by Gasteiger charge is 2.17. The van der Waals surface area contributed by atoms with E-state index in [1.807, 2.05) is 6.07 Å². The van der Waals surface area contributed by atoms with E-state index < -0.39 is 0 Å². The fraction of sp³-hybridized carbons (Fsp3) is 0.364. The number of hydrazine groups is 1. The SMILES string of the molecule is CC(C)c1ccc([C@H](NCC(=O)NNC(=O)c2ccccc2)C(C)C)cc1. The fourth-order valence-corrected chi connectivity index (χ4v) is 2.86. The van der Waals surface area contributed by atoms with Crippen LogP contribution >= 0.6 is 0 Å². The Hall–Kier alpha value is -2.66. The Balaban J connectivity index is 1.88. The summed E-state index contributed by atoms with van der Waals surface area (Å²) in [6, 6.07) is 17.3. The number of hydrogen-bond donors (Lipinski definition) is 3. The lowest BCUT2D eigenvalue weighted by Crippen LogP contribution is -2.46. The summed E-state index contributed by atoms with van der Waals surface area (Å²) in [6.45, 7) is 8.68. The van der Waals surface area contributed by atoms with E-state index in [-0.39, 0.29) is 24.4 Å². The standard InChI is InChI=1S/C22H29N3O2/c1-15(2)17-10-12-18(13-11-17)21(16(3)4)23-14-20(26)24-25-22(27)19-8-6-5-7-9-19/h5-13,15-16,21,23H,14H2,1-4H3,(H,24,26)(H,25,27)/t21-/m1/s1. The molecule has 0 spiro atoms. The summed E-state index contributed by atoms with van der Waals surface area (Å²) in [5.74, 6) is 0.183. The Morgan fingerprint density at radius 1 is 0.815 bits per heavy atom. The molecule has 2 rings (SSSR count). The van der Waals surface area contributed by atoms with Crippen LogP contribution in [0.5, 0.6) is 0 Å². The Labute approximate surface area is 161 Å². The van der Waals surface area contributed by atoms with Crippen LogP contribution in [0.1, 0.15) is 61.1 Å². The third-order valence-corrected chi connectivity index (χ3v) is 4.46. The van der Waals surface area contributed by atoms with Crippen molar-refractivity contribution in [1.82, 2.24) is 16.2 Å². The van der Waals surface area contributed by atoms with E-state index in [1.165, 1.54) is 5.56 Å². The molecule has 5 nitrogen and oxygen atoms in total. The van der Waals surface area contributed by atoms with Gasteiger partial charge in [0.15, 0.2) is 0 Å². The van der Waals surface area contributed by atoms with Crippen molar-refractivity contribution in [3.63, 3.8) is 0 Å². The van der Waals surface area contributed by atoms with Crippen LogP contribution in [0.3, 0.4) is 0 Å². The number of carbonyl (C=O) groups excluding carboxylic acids is 2. The Morgan fingerprint density at radius 3 is 1.96 bits per heavy atom. The van der Waals surface area contributed by atoms with E-state index in [1.54, 1.807) is 24.3 Å². The first-order chi connectivity index (χ1) is 12.9. The van der Waals surface area contributed by atoms with Gasteiger partial charge in [0.05, 0.1) is 6.54 Å². The average molecular weight is 367 g/mol.